The fraction of sp³-hybridized carbons (Fsp3) is 1.00. The van der Waals surface area contributed by atoms with Crippen molar-refractivity contribution in [2.24, 2.45) is 0 Å². The molecule has 0 spiro atoms. The minimum atomic E-state index is -4.55. The second kappa shape index (κ2) is 4.44. The summed E-state index contributed by atoms with van der Waals surface area (Å²) >= 11 is 0. The van der Waals surface area contributed by atoms with Crippen LogP contribution < -0.4 is 0 Å². The van der Waals surface area contributed by atoms with Crippen LogP contribution in [-0.4, -0.2) is 60.7 Å². The molecule has 1 rings (SSSR count). The third-order valence-corrected chi connectivity index (χ3v) is 6.58. The summed E-state index contributed by atoms with van der Waals surface area (Å²) in [5, 5.41) is 0. The highest BCUT2D eigenvalue weighted by atomic mass is 32.3. The Morgan fingerprint density at radius 3 is 2.18 bits per heavy atom. The van der Waals surface area contributed by atoms with E-state index in [9.17, 15) is 25.3 Å². The van der Waals surface area contributed by atoms with Crippen LogP contribution in [-0.2, 0) is 38.8 Å². The lowest BCUT2D eigenvalue weighted by atomic mass is 10.5. The SMILES string of the molecule is CN(S(C)(=O)=O)S(=O)(=O)OC1COS(=O)(=O)C1. The first-order chi connectivity index (χ1) is 7.44. The van der Waals surface area contributed by atoms with Gasteiger partial charge in [-0.15, -0.1) is 0 Å². The van der Waals surface area contributed by atoms with E-state index < -0.39 is 48.9 Å². The number of hydrogen-bond donors (Lipinski definition) is 0. The van der Waals surface area contributed by atoms with Gasteiger partial charge < -0.3 is 0 Å². The van der Waals surface area contributed by atoms with Crippen molar-refractivity contribution in [3.63, 3.8) is 0 Å². The van der Waals surface area contributed by atoms with Crippen molar-refractivity contribution in [2.45, 2.75) is 6.10 Å². The zero-order valence-corrected chi connectivity index (χ0v) is 11.4. The molecule has 0 amide bonds. The van der Waals surface area contributed by atoms with Crippen molar-refractivity contribution in [3.8, 4) is 0 Å². The van der Waals surface area contributed by atoms with Crippen LogP contribution >= 0.6 is 0 Å². The molecule has 102 valence electrons. The Hall–Kier alpha value is -0.270. The summed E-state index contributed by atoms with van der Waals surface area (Å²) < 4.78 is 75.3. The molecule has 0 N–H and O–H groups in total. The monoisotopic (exact) mass is 309 g/mol. The molecule has 0 aliphatic carbocycles. The molecule has 12 heteroatoms. The van der Waals surface area contributed by atoms with E-state index in [0.29, 0.717) is 6.26 Å². The number of rotatable bonds is 4. The van der Waals surface area contributed by atoms with Gasteiger partial charge in [0.05, 0.1) is 12.9 Å². The molecule has 1 fully saturated rings. The summed E-state index contributed by atoms with van der Waals surface area (Å²) in [6.07, 6.45) is -0.565. The highest BCUT2D eigenvalue weighted by Gasteiger charge is 2.37. The Kier molecular flexibility index (Phi) is 3.86. The predicted molar refractivity (Wildman–Crippen MR) is 56.1 cm³/mol. The van der Waals surface area contributed by atoms with Gasteiger partial charge in [0.1, 0.15) is 11.9 Å². The number of hydrogen-bond acceptors (Lipinski definition) is 8. The van der Waals surface area contributed by atoms with Gasteiger partial charge in [0, 0.05) is 7.05 Å². The van der Waals surface area contributed by atoms with Crippen LogP contribution in [0.5, 0.6) is 0 Å². The molecule has 0 saturated carbocycles. The average Bonchev–Trinajstić information content (AvgIpc) is 2.41. The van der Waals surface area contributed by atoms with E-state index in [1.165, 1.54) is 0 Å². The van der Waals surface area contributed by atoms with Gasteiger partial charge in [-0.3, -0.25) is 8.37 Å². The van der Waals surface area contributed by atoms with E-state index in [1.54, 1.807) is 0 Å². The lowest BCUT2D eigenvalue weighted by Gasteiger charge is -2.16. The largest absolute Gasteiger partial charge is 0.351 e. The van der Waals surface area contributed by atoms with Gasteiger partial charge in [0.2, 0.25) is 10.0 Å². The molecule has 0 bridgehead atoms. The normalized spacial score (nSPS) is 25.2. The van der Waals surface area contributed by atoms with E-state index in [1.807, 2.05) is 0 Å². The Labute approximate surface area is 99.7 Å². The molecule has 9 nitrogen and oxygen atoms in total. The summed E-state index contributed by atoms with van der Waals surface area (Å²) in [5.74, 6) is -0.635. The molecule has 1 aliphatic heterocycles. The van der Waals surface area contributed by atoms with Gasteiger partial charge in [-0.2, -0.15) is 16.8 Å². The summed E-state index contributed by atoms with van der Waals surface area (Å²) in [7, 11) is -11.6. The van der Waals surface area contributed by atoms with Crippen LogP contribution in [0.25, 0.3) is 0 Å². The molecule has 0 aromatic carbocycles. The first-order valence-corrected chi connectivity index (χ1v) is 8.97. The zero-order valence-electron chi connectivity index (χ0n) is 8.93. The average molecular weight is 309 g/mol. The molecule has 1 heterocycles. The van der Waals surface area contributed by atoms with Gasteiger partial charge in [-0.1, -0.05) is 3.71 Å². The highest BCUT2D eigenvalue weighted by Crippen LogP contribution is 2.16. The van der Waals surface area contributed by atoms with E-state index in [0.717, 1.165) is 7.05 Å². The minimum Gasteiger partial charge on any atom is -0.267 e. The second-order valence-electron chi connectivity index (χ2n) is 3.33. The van der Waals surface area contributed by atoms with Gasteiger partial charge >= 0.3 is 10.3 Å². The molecular weight excluding hydrogens is 298 g/mol. The van der Waals surface area contributed by atoms with Gasteiger partial charge in [0.15, 0.2) is 0 Å². The molecule has 17 heavy (non-hydrogen) atoms. The molecule has 0 aromatic rings. The maximum Gasteiger partial charge on any atom is 0.351 e. The maximum absolute atomic E-state index is 11.4. The van der Waals surface area contributed by atoms with Gasteiger partial charge in [0.25, 0.3) is 10.1 Å². The van der Waals surface area contributed by atoms with Crippen LogP contribution in [0, 0.1) is 0 Å². The fourth-order valence-electron chi connectivity index (χ4n) is 0.957. The van der Waals surface area contributed by atoms with E-state index >= 15 is 0 Å². The smallest absolute Gasteiger partial charge is 0.267 e. The third-order valence-electron chi connectivity index (χ3n) is 1.86. The Balaban J connectivity index is 2.83. The fourth-order valence-corrected chi connectivity index (χ4v) is 4.14. The van der Waals surface area contributed by atoms with E-state index in [2.05, 4.69) is 8.37 Å². The van der Waals surface area contributed by atoms with Gasteiger partial charge in [-0.05, 0) is 0 Å². The molecule has 1 aliphatic rings. The Morgan fingerprint density at radius 2 is 1.82 bits per heavy atom. The van der Waals surface area contributed by atoms with Crippen molar-refractivity contribution in [1.82, 2.24) is 3.71 Å². The van der Waals surface area contributed by atoms with Crippen molar-refractivity contribution in [1.29, 1.82) is 0 Å². The van der Waals surface area contributed by atoms with Crippen LogP contribution in [0.15, 0.2) is 0 Å². The summed E-state index contributed by atoms with van der Waals surface area (Å²) in [5.41, 5.74) is 0. The summed E-state index contributed by atoms with van der Waals surface area (Å²) in [6.45, 7) is -0.459. The van der Waals surface area contributed by atoms with Crippen molar-refractivity contribution in [2.75, 3.05) is 25.7 Å². The first kappa shape index (κ1) is 14.8. The van der Waals surface area contributed by atoms with Crippen molar-refractivity contribution in [3.05, 3.63) is 0 Å². The maximum atomic E-state index is 11.4. The van der Waals surface area contributed by atoms with Crippen molar-refractivity contribution < 1.29 is 33.6 Å². The lowest BCUT2D eigenvalue weighted by Crippen LogP contribution is -2.37. The van der Waals surface area contributed by atoms with Crippen LogP contribution in [0.1, 0.15) is 0 Å². The lowest BCUT2D eigenvalue weighted by molar-refractivity contribution is 0.178. The molecule has 0 radical (unpaired) electrons. The van der Waals surface area contributed by atoms with E-state index in [4.69, 9.17) is 0 Å². The van der Waals surface area contributed by atoms with E-state index in [-0.39, 0.29) is 3.71 Å². The number of nitrogens with zero attached hydrogens (tertiary/aromatic N) is 1. The highest BCUT2D eigenvalue weighted by molar-refractivity contribution is 8.01. The molecule has 1 unspecified atom stereocenters. The van der Waals surface area contributed by atoms with Crippen molar-refractivity contribution >= 4 is 30.4 Å². The zero-order chi connectivity index (χ0) is 13.5. The quantitative estimate of drug-likeness (QED) is 0.539. The minimum absolute atomic E-state index is 0.0188. The Morgan fingerprint density at radius 1 is 1.29 bits per heavy atom. The predicted octanol–water partition coefficient (Wildman–Crippen LogP) is -2.13. The topological polar surface area (TPSA) is 124 Å². The standard InChI is InChI=1S/C5H11NO8S3/c1-6(15(2,7)8)17(11,12)14-5-3-13-16(9,10)4-5/h5H,3-4H2,1-2H3. The van der Waals surface area contributed by atoms with Crippen LogP contribution in [0.4, 0.5) is 0 Å². The molecule has 0 aromatic heterocycles. The number of sulfonamides is 1. The first-order valence-electron chi connectivity index (χ1n) is 4.18. The van der Waals surface area contributed by atoms with Crippen LogP contribution in [0.2, 0.25) is 0 Å². The molecule has 1 atom stereocenters. The van der Waals surface area contributed by atoms with Gasteiger partial charge in [-0.25, -0.2) is 8.42 Å². The summed E-state index contributed by atoms with van der Waals surface area (Å²) in [6, 6.07) is 0. The third kappa shape index (κ3) is 3.86. The second-order valence-corrected chi connectivity index (χ2v) is 8.85. The molecular formula is C5H11NO8S3. The Bertz CT molecular complexity index is 587. The molecule has 1 saturated heterocycles. The summed E-state index contributed by atoms with van der Waals surface area (Å²) in [4.78, 5) is 0. The van der Waals surface area contributed by atoms with Crippen LogP contribution in [0.3, 0.4) is 0 Å².